The van der Waals surface area contributed by atoms with Crippen LogP contribution in [0.1, 0.15) is 42.0 Å². The predicted octanol–water partition coefficient (Wildman–Crippen LogP) is 5.09. The lowest BCUT2D eigenvalue weighted by Crippen LogP contribution is -2.28. The standard InChI is InChI=1S/C23H23NO/c1-18(19-11-5-2-6-12-19)24-23(25)17-22(20-13-7-3-8-14-20)21-15-9-4-10-16-21/h2-16,18,22H,17H2,1H3,(H,24,25)/t18-/m0/s1. The van der Waals surface area contributed by atoms with Crippen molar-refractivity contribution in [1.82, 2.24) is 5.32 Å². The van der Waals surface area contributed by atoms with Gasteiger partial charge in [0, 0.05) is 12.3 Å². The third kappa shape index (κ3) is 4.57. The second-order valence-electron chi connectivity index (χ2n) is 6.28. The van der Waals surface area contributed by atoms with Gasteiger partial charge in [0.2, 0.25) is 5.91 Å². The van der Waals surface area contributed by atoms with E-state index in [2.05, 4.69) is 29.6 Å². The van der Waals surface area contributed by atoms with Crippen LogP contribution < -0.4 is 5.32 Å². The highest BCUT2D eigenvalue weighted by Crippen LogP contribution is 2.28. The smallest absolute Gasteiger partial charge is 0.221 e. The zero-order valence-electron chi connectivity index (χ0n) is 14.4. The Hall–Kier alpha value is -2.87. The average Bonchev–Trinajstić information content (AvgIpc) is 2.68. The van der Waals surface area contributed by atoms with Gasteiger partial charge in [-0.05, 0) is 23.6 Å². The fourth-order valence-corrected chi connectivity index (χ4v) is 3.11. The number of nitrogens with one attached hydrogen (secondary N) is 1. The van der Waals surface area contributed by atoms with E-state index in [1.54, 1.807) is 0 Å². The summed E-state index contributed by atoms with van der Waals surface area (Å²) in [7, 11) is 0. The maximum absolute atomic E-state index is 12.7. The first kappa shape index (κ1) is 17.0. The molecule has 0 unspecified atom stereocenters. The first-order chi connectivity index (χ1) is 12.2. The average molecular weight is 329 g/mol. The molecule has 0 saturated heterocycles. The molecule has 0 bridgehead atoms. The molecule has 0 fully saturated rings. The fourth-order valence-electron chi connectivity index (χ4n) is 3.11. The van der Waals surface area contributed by atoms with Crippen LogP contribution in [0, 0.1) is 0 Å². The van der Waals surface area contributed by atoms with Gasteiger partial charge in [0.25, 0.3) is 0 Å². The highest BCUT2D eigenvalue weighted by atomic mass is 16.1. The molecule has 3 aromatic carbocycles. The van der Waals surface area contributed by atoms with E-state index < -0.39 is 0 Å². The summed E-state index contributed by atoms with van der Waals surface area (Å²) in [5.41, 5.74) is 3.44. The van der Waals surface area contributed by atoms with Gasteiger partial charge < -0.3 is 5.32 Å². The summed E-state index contributed by atoms with van der Waals surface area (Å²) >= 11 is 0. The molecule has 0 aliphatic heterocycles. The van der Waals surface area contributed by atoms with E-state index in [-0.39, 0.29) is 17.9 Å². The molecule has 0 spiro atoms. The molecule has 25 heavy (non-hydrogen) atoms. The molecule has 1 amide bonds. The van der Waals surface area contributed by atoms with Gasteiger partial charge in [-0.25, -0.2) is 0 Å². The molecular weight excluding hydrogens is 306 g/mol. The Morgan fingerprint density at radius 2 is 1.12 bits per heavy atom. The Kier molecular flexibility index (Phi) is 5.63. The summed E-state index contributed by atoms with van der Waals surface area (Å²) in [5, 5.41) is 3.13. The molecule has 126 valence electrons. The van der Waals surface area contributed by atoms with Gasteiger partial charge in [0.05, 0.1) is 6.04 Å². The van der Waals surface area contributed by atoms with E-state index >= 15 is 0 Å². The Balaban J connectivity index is 1.75. The predicted molar refractivity (Wildman–Crippen MR) is 102 cm³/mol. The summed E-state index contributed by atoms with van der Waals surface area (Å²) in [6.07, 6.45) is 0.436. The molecule has 0 heterocycles. The van der Waals surface area contributed by atoms with Crippen LogP contribution in [0.2, 0.25) is 0 Å². The van der Waals surface area contributed by atoms with Crippen LogP contribution >= 0.6 is 0 Å². The van der Waals surface area contributed by atoms with Crippen LogP contribution in [0.4, 0.5) is 0 Å². The van der Waals surface area contributed by atoms with Crippen molar-refractivity contribution in [2.24, 2.45) is 0 Å². The third-order valence-corrected chi connectivity index (χ3v) is 4.47. The molecule has 0 aromatic heterocycles. The molecular formula is C23H23NO. The molecule has 0 aliphatic rings. The summed E-state index contributed by atoms with van der Waals surface area (Å²) in [6, 6.07) is 30.5. The quantitative estimate of drug-likeness (QED) is 0.671. The molecule has 3 rings (SSSR count). The highest BCUT2D eigenvalue weighted by Gasteiger charge is 2.19. The molecule has 2 heteroatoms. The lowest BCUT2D eigenvalue weighted by atomic mass is 9.88. The Morgan fingerprint density at radius 1 is 0.720 bits per heavy atom. The minimum atomic E-state index is 0.000830. The van der Waals surface area contributed by atoms with Gasteiger partial charge in [0.15, 0.2) is 0 Å². The van der Waals surface area contributed by atoms with Crippen molar-refractivity contribution < 1.29 is 4.79 Å². The van der Waals surface area contributed by atoms with Crippen molar-refractivity contribution in [2.75, 3.05) is 0 Å². The minimum absolute atomic E-state index is 0.000830. The van der Waals surface area contributed by atoms with E-state index in [1.807, 2.05) is 73.7 Å². The molecule has 0 aliphatic carbocycles. The second kappa shape index (κ2) is 8.29. The molecule has 0 saturated carbocycles. The summed E-state index contributed by atoms with van der Waals surface area (Å²) in [6.45, 7) is 2.02. The van der Waals surface area contributed by atoms with E-state index in [4.69, 9.17) is 0 Å². The van der Waals surface area contributed by atoms with Crippen LogP contribution in [0.25, 0.3) is 0 Å². The van der Waals surface area contributed by atoms with Crippen molar-refractivity contribution >= 4 is 5.91 Å². The third-order valence-electron chi connectivity index (χ3n) is 4.47. The van der Waals surface area contributed by atoms with Gasteiger partial charge >= 0.3 is 0 Å². The SMILES string of the molecule is C[C@H](NC(=O)CC(c1ccccc1)c1ccccc1)c1ccccc1. The number of carbonyl (C=O) groups excluding carboxylic acids is 1. The molecule has 3 aromatic rings. The van der Waals surface area contributed by atoms with Gasteiger partial charge in [-0.1, -0.05) is 91.0 Å². The van der Waals surface area contributed by atoms with E-state index in [9.17, 15) is 4.79 Å². The number of carbonyl (C=O) groups is 1. The number of hydrogen-bond donors (Lipinski definition) is 1. The number of rotatable bonds is 6. The van der Waals surface area contributed by atoms with Crippen molar-refractivity contribution in [1.29, 1.82) is 0 Å². The van der Waals surface area contributed by atoms with Crippen molar-refractivity contribution in [2.45, 2.75) is 25.3 Å². The highest BCUT2D eigenvalue weighted by molar-refractivity contribution is 5.78. The normalized spacial score (nSPS) is 11.9. The topological polar surface area (TPSA) is 29.1 Å². The Labute approximate surface area is 149 Å². The Bertz CT molecular complexity index is 745. The summed E-state index contributed by atoms with van der Waals surface area (Å²) in [4.78, 5) is 12.7. The number of amides is 1. The molecule has 1 atom stereocenters. The zero-order chi connectivity index (χ0) is 17.5. The largest absolute Gasteiger partial charge is 0.350 e. The van der Waals surface area contributed by atoms with Gasteiger partial charge in [-0.15, -0.1) is 0 Å². The van der Waals surface area contributed by atoms with Crippen molar-refractivity contribution in [3.05, 3.63) is 108 Å². The maximum atomic E-state index is 12.7. The molecule has 2 nitrogen and oxygen atoms in total. The first-order valence-corrected chi connectivity index (χ1v) is 8.68. The number of hydrogen-bond acceptors (Lipinski definition) is 1. The minimum Gasteiger partial charge on any atom is -0.350 e. The van der Waals surface area contributed by atoms with Crippen LogP contribution in [0.3, 0.4) is 0 Å². The maximum Gasteiger partial charge on any atom is 0.221 e. The summed E-state index contributed by atoms with van der Waals surface area (Å²) in [5.74, 6) is 0.124. The van der Waals surface area contributed by atoms with Crippen molar-refractivity contribution in [3.8, 4) is 0 Å². The van der Waals surface area contributed by atoms with Crippen molar-refractivity contribution in [3.63, 3.8) is 0 Å². The van der Waals surface area contributed by atoms with Gasteiger partial charge in [-0.2, -0.15) is 0 Å². The van der Waals surface area contributed by atoms with Gasteiger partial charge in [-0.3, -0.25) is 4.79 Å². The molecule has 0 radical (unpaired) electrons. The van der Waals surface area contributed by atoms with Crippen LogP contribution in [-0.4, -0.2) is 5.91 Å². The van der Waals surface area contributed by atoms with E-state index in [1.165, 1.54) is 0 Å². The zero-order valence-corrected chi connectivity index (χ0v) is 14.4. The molecule has 1 N–H and O–H groups in total. The lowest BCUT2D eigenvalue weighted by molar-refractivity contribution is -0.121. The lowest BCUT2D eigenvalue weighted by Gasteiger charge is -2.20. The van der Waals surface area contributed by atoms with Crippen LogP contribution in [0.15, 0.2) is 91.0 Å². The summed E-state index contributed by atoms with van der Waals surface area (Å²) < 4.78 is 0. The monoisotopic (exact) mass is 329 g/mol. The fraction of sp³-hybridized carbons (Fsp3) is 0.174. The first-order valence-electron chi connectivity index (χ1n) is 8.68. The van der Waals surface area contributed by atoms with E-state index in [0.29, 0.717) is 6.42 Å². The van der Waals surface area contributed by atoms with Crippen LogP contribution in [0.5, 0.6) is 0 Å². The second-order valence-corrected chi connectivity index (χ2v) is 6.28. The van der Waals surface area contributed by atoms with E-state index in [0.717, 1.165) is 16.7 Å². The number of benzene rings is 3. The Morgan fingerprint density at radius 3 is 1.56 bits per heavy atom. The van der Waals surface area contributed by atoms with Crippen LogP contribution in [-0.2, 0) is 4.79 Å². The van der Waals surface area contributed by atoms with Gasteiger partial charge in [0.1, 0.15) is 0 Å².